The van der Waals surface area contributed by atoms with E-state index in [1.807, 2.05) is 32.0 Å². The first-order valence-corrected chi connectivity index (χ1v) is 18.5. The Hall–Kier alpha value is -4.23. The van der Waals surface area contributed by atoms with Crippen LogP contribution in [0, 0.1) is 19.3 Å². The summed E-state index contributed by atoms with van der Waals surface area (Å²) in [4.78, 5) is 34.6. The fraction of sp³-hybridized carbons (Fsp3) is 0.333. The number of rotatable bonds is 9. The molecule has 262 valence electrons. The molecule has 2 aliphatic rings. The zero-order valence-electron chi connectivity index (χ0n) is 27.8. The number of nitrogens with one attached hydrogen (secondary N) is 1. The topological polar surface area (TPSA) is 150 Å². The first-order valence-electron chi connectivity index (χ1n) is 16.3. The summed E-state index contributed by atoms with van der Waals surface area (Å²) in [5, 5.41) is 8.67. The SMILES string of the molecule is Cc1cc(C)c2cccc(OCc3c(Cl)ccc(S(=O)(=O)N4CCCC4C(=O)N4CCN(C(=O)Cc5ccc(C(=N)N)cc5)CC4)c3Cl)c2n1. The number of amidine groups is 1. The number of hydrogen-bond donors (Lipinski definition) is 2. The number of benzene rings is 3. The number of para-hydroxylation sites is 1. The fourth-order valence-corrected chi connectivity index (χ4v) is 9.12. The molecule has 1 atom stereocenters. The highest BCUT2D eigenvalue weighted by Gasteiger charge is 2.43. The van der Waals surface area contributed by atoms with E-state index in [1.165, 1.54) is 16.4 Å². The number of pyridine rings is 1. The molecule has 1 aromatic heterocycles. The molecule has 4 aromatic rings. The van der Waals surface area contributed by atoms with Gasteiger partial charge in [-0.15, -0.1) is 0 Å². The van der Waals surface area contributed by atoms with Crippen LogP contribution in [0.4, 0.5) is 0 Å². The molecule has 3 aromatic carbocycles. The normalized spacial score (nSPS) is 16.9. The van der Waals surface area contributed by atoms with E-state index in [-0.39, 0.29) is 52.2 Å². The van der Waals surface area contributed by atoms with Gasteiger partial charge in [0.1, 0.15) is 34.6 Å². The van der Waals surface area contributed by atoms with Gasteiger partial charge >= 0.3 is 0 Å². The Bertz CT molecular complexity index is 2090. The summed E-state index contributed by atoms with van der Waals surface area (Å²) in [6.45, 7) is 5.26. The monoisotopic (exact) mass is 736 g/mol. The Morgan fingerprint density at radius 2 is 1.68 bits per heavy atom. The zero-order chi connectivity index (χ0) is 35.7. The van der Waals surface area contributed by atoms with E-state index >= 15 is 0 Å². The number of piperazine rings is 1. The van der Waals surface area contributed by atoms with Crippen LogP contribution in [0.2, 0.25) is 10.0 Å². The van der Waals surface area contributed by atoms with Crippen LogP contribution in [0.15, 0.2) is 65.6 Å². The largest absolute Gasteiger partial charge is 0.487 e. The lowest BCUT2D eigenvalue weighted by Crippen LogP contribution is -2.55. The lowest BCUT2D eigenvalue weighted by Gasteiger charge is -2.37. The van der Waals surface area contributed by atoms with Gasteiger partial charge in [0.05, 0.1) is 11.4 Å². The molecule has 0 spiro atoms. The van der Waals surface area contributed by atoms with Crippen molar-refractivity contribution in [2.45, 2.75) is 50.7 Å². The molecule has 11 nitrogen and oxygen atoms in total. The molecular formula is C36H38Cl2N6O5S. The molecule has 0 aliphatic carbocycles. The Kier molecular flexibility index (Phi) is 10.4. The predicted octanol–water partition coefficient (Wildman–Crippen LogP) is 5.09. The van der Waals surface area contributed by atoms with Crippen LogP contribution >= 0.6 is 23.2 Å². The number of nitrogen functional groups attached to an aromatic ring is 1. The standard InChI is InChI=1S/C36H38Cl2N6O5S/c1-22-19-23(2)41-34-26(22)5-3-7-30(34)49-21-27-28(37)12-13-31(33(27)38)50(47,48)44-14-4-6-29(44)36(46)43-17-15-42(16-18-43)32(45)20-24-8-10-25(11-9-24)35(39)40/h3,5,7-13,19,29H,4,6,14-18,20-21H2,1-2H3,(H3,39,40). The van der Waals surface area contributed by atoms with Crippen molar-refractivity contribution < 1.29 is 22.7 Å². The third-order valence-corrected chi connectivity index (χ3v) is 12.1. The molecular weight excluding hydrogens is 699 g/mol. The van der Waals surface area contributed by atoms with Crippen molar-refractivity contribution in [1.82, 2.24) is 19.1 Å². The summed E-state index contributed by atoms with van der Waals surface area (Å²) in [5.74, 6) is 0.117. The van der Waals surface area contributed by atoms with E-state index in [9.17, 15) is 18.0 Å². The molecule has 2 aliphatic heterocycles. The minimum atomic E-state index is -4.20. The van der Waals surface area contributed by atoms with Gasteiger partial charge in [-0.1, -0.05) is 59.6 Å². The summed E-state index contributed by atoms with van der Waals surface area (Å²) in [7, 11) is -4.20. The van der Waals surface area contributed by atoms with Crippen molar-refractivity contribution in [2.75, 3.05) is 32.7 Å². The van der Waals surface area contributed by atoms with E-state index in [0.717, 1.165) is 22.2 Å². The molecule has 0 radical (unpaired) electrons. The van der Waals surface area contributed by atoms with Gasteiger partial charge in [0.15, 0.2) is 0 Å². The molecule has 14 heteroatoms. The second-order valence-electron chi connectivity index (χ2n) is 12.6. The predicted molar refractivity (Wildman–Crippen MR) is 193 cm³/mol. The van der Waals surface area contributed by atoms with E-state index in [1.54, 1.807) is 40.1 Å². The Morgan fingerprint density at radius 1 is 0.980 bits per heavy atom. The van der Waals surface area contributed by atoms with E-state index in [4.69, 9.17) is 39.1 Å². The summed E-state index contributed by atoms with van der Waals surface area (Å²) in [6.07, 6.45) is 1.08. The van der Waals surface area contributed by atoms with E-state index in [2.05, 4.69) is 4.98 Å². The number of ether oxygens (including phenoxy) is 1. The Morgan fingerprint density at radius 3 is 2.38 bits per heavy atom. The molecule has 50 heavy (non-hydrogen) atoms. The highest BCUT2D eigenvalue weighted by Crippen LogP contribution is 2.37. The van der Waals surface area contributed by atoms with Crippen molar-refractivity contribution >= 4 is 61.8 Å². The third kappa shape index (κ3) is 7.16. The van der Waals surface area contributed by atoms with Crippen LogP contribution in [-0.2, 0) is 32.6 Å². The highest BCUT2D eigenvalue weighted by molar-refractivity contribution is 7.89. The van der Waals surface area contributed by atoms with E-state index < -0.39 is 16.1 Å². The maximum absolute atomic E-state index is 14.1. The molecule has 0 saturated carbocycles. The number of carbonyl (C=O) groups excluding carboxylic acids is 2. The van der Waals surface area contributed by atoms with Gasteiger partial charge in [0.2, 0.25) is 21.8 Å². The van der Waals surface area contributed by atoms with Gasteiger partial charge < -0.3 is 20.3 Å². The quantitative estimate of drug-likeness (QED) is 0.180. The molecule has 2 amide bonds. The van der Waals surface area contributed by atoms with Gasteiger partial charge in [-0.05, 0) is 62.1 Å². The number of aryl methyl sites for hydroxylation is 2. The molecule has 0 bridgehead atoms. The summed E-state index contributed by atoms with van der Waals surface area (Å²) in [5.41, 5.74) is 9.80. The van der Waals surface area contributed by atoms with Crippen LogP contribution in [0.25, 0.3) is 10.9 Å². The van der Waals surface area contributed by atoms with Crippen molar-refractivity contribution in [3.8, 4) is 5.75 Å². The molecule has 3 heterocycles. The van der Waals surface area contributed by atoms with E-state index in [0.29, 0.717) is 61.4 Å². The number of amides is 2. The first kappa shape index (κ1) is 35.6. The van der Waals surface area contributed by atoms with Crippen molar-refractivity contribution in [3.05, 3.63) is 98.7 Å². The number of carbonyl (C=O) groups is 2. The molecule has 3 N–H and O–H groups in total. The third-order valence-electron chi connectivity index (χ3n) is 9.30. The highest BCUT2D eigenvalue weighted by atomic mass is 35.5. The van der Waals surface area contributed by atoms with Crippen molar-refractivity contribution in [3.63, 3.8) is 0 Å². The second-order valence-corrected chi connectivity index (χ2v) is 15.3. The maximum Gasteiger partial charge on any atom is 0.245 e. The average molecular weight is 738 g/mol. The minimum absolute atomic E-state index is 0.0382. The zero-order valence-corrected chi connectivity index (χ0v) is 30.1. The van der Waals surface area contributed by atoms with Gasteiger partial charge in [-0.2, -0.15) is 4.31 Å². The summed E-state index contributed by atoms with van der Waals surface area (Å²) >= 11 is 13.3. The molecule has 2 saturated heterocycles. The van der Waals surface area contributed by atoms with Crippen molar-refractivity contribution in [2.24, 2.45) is 5.73 Å². The van der Waals surface area contributed by atoms with Crippen LogP contribution in [0.5, 0.6) is 5.75 Å². The number of halogens is 2. The number of sulfonamides is 1. The van der Waals surface area contributed by atoms with Crippen LogP contribution in [0.1, 0.15) is 40.8 Å². The number of nitrogens with two attached hydrogens (primary N) is 1. The van der Waals surface area contributed by atoms with Crippen LogP contribution < -0.4 is 10.5 Å². The minimum Gasteiger partial charge on any atom is -0.487 e. The molecule has 2 fully saturated rings. The number of aromatic nitrogens is 1. The first-order chi connectivity index (χ1) is 23.8. The average Bonchev–Trinajstić information content (AvgIpc) is 3.59. The second kappa shape index (κ2) is 14.6. The Balaban J connectivity index is 1.13. The smallest absolute Gasteiger partial charge is 0.245 e. The maximum atomic E-state index is 14.1. The number of fused-ring (bicyclic) bond motifs is 1. The van der Waals surface area contributed by atoms with Crippen LogP contribution in [-0.4, -0.2) is 83.9 Å². The van der Waals surface area contributed by atoms with Crippen molar-refractivity contribution in [1.29, 1.82) is 5.41 Å². The lowest BCUT2D eigenvalue weighted by molar-refractivity contribution is -0.141. The van der Waals surface area contributed by atoms with Gasteiger partial charge in [-0.3, -0.25) is 15.0 Å². The van der Waals surface area contributed by atoms with Gasteiger partial charge in [-0.25, -0.2) is 13.4 Å². The molecule has 1 unspecified atom stereocenters. The number of nitrogens with zero attached hydrogens (tertiary/aromatic N) is 4. The number of hydrogen-bond acceptors (Lipinski definition) is 7. The van der Waals surface area contributed by atoms with Crippen LogP contribution in [0.3, 0.4) is 0 Å². The Labute approximate surface area is 301 Å². The lowest BCUT2D eigenvalue weighted by atomic mass is 10.1. The summed E-state index contributed by atoms with van der Waals surface area (Å²) < 4.78 is 35.6. The van der Waals surface area contributed by atoms with Gasteiger partial charge in [0.25, 0.3) is 0 Å². The summed E-state index contributed by atoms with van der Waals surface area (Å²) in [6, 6.07) is 16.5. The molecule has 6 rings (SSSR count). The fourth-order valence-electron chi connectivity index (χ4n) is 6.61. The van der Waals surface area contributed by atoms with Gasteiger partial charge in [0, 0.05) is 60.0 Å².